The first-order chi connectivity index (χ1) is 11.1. The summed E-state index contributed by atoms with van der Waals surface area (Å²) in [6.07, 6.45) is 2.98. The van der Waals surface area contributed by atoms with Gasteiger partial charge in [-0.05, 0) is 50.3 Å². The Labute approximate surface area is 140 Å². The molecule has 1 aliphatic rings. The van der Waals surface area contributed by atoms with E-state index < -0.39 is 0 Å². The van der Waals surface area contributed by atoms with Crippen LogP contribution >= 0.6 is 0 Å². The number of likely N-dealkylation sites (N-methyl/N-ethyl adjacent to an activating group) is 1. The Bertz CT molecular complexity index is 475. The second kappa shape index (κ2) is 8.46. The fourth-order valence-corrected chi connectivity index (χ4v) is 3.28. The lowest BCUT2D eigenvalue weighted by Gasteiger charge is -2.40. The molecule has 4 nitrogen and oxygen atoms in total. The van der Waals surface area contributed by atoms with Crippen LogP contribution in [-0.2, 0) is 11.3 Å². The molecule has 4 heteroatoms. The van der Waals surface area contributed by atoms with Gasteiger partial charge in [-0.3, -0.25) is 9.69 Å². The third-order valence-electron chi connectivity index (χ3n) is 5.31. The van der Waals surface area contributed by atoms with Gasteiger partial charge in [-0.2, -0.15) is 0 Å². The minimum atomic E-state index is 0.0774. The zero-order valence-corrected chi connectivity index (χ0v) is 14.5. The molecule has 1 amide bonds. The number of likely N-dealkylation sites (tertiary alicyclic amines) is 1. The zero-order valence-electron chi connectivity index (χ0n) is 14.5. The van der Waals surface area contributed by atoms with Crippen molar-refractivity contribution >= 4 is 5.91 Å². The normalized spacial score (nSPS) is 17.9. The number of hydrogen-bond donors (Lipinski definition) is 1. The van der Waals surface area contributed by atoms with Gasteiger partial charge >= 0.3 is 0 Å². The minimum absolute atomic E-state index is 0.0774. The molecule has 1 saturated heterocycles. The Hall–Kier alpha value is -1.39. The molecule has 0 unspecified atom stereocenters. The highest BCUT2D eigenvalue weighted by atomic mass is 16.3. The van der Waals surface area contributed by atoms with Crippen molar-refractivity contribution in [3.05, 3.63) is 35.9 Å². The Balaban J connectivity index is 1.86. The Morgan fingerprint density at radius 3 is 2.39 bits per heavy atom. The summed E-state index contributed by atoms with van der Waals surface area (Å²) < 4.78 is 0. The molecule has 1 N–H and O–H groups in total. The van der Waals surface area contributed by atoms with Crippen molar-refractivity contribution in [2.24, 2.45) is 5.41 Å². The topological polar surface area (TPSA) is 43.8 Å². The van der Waals surface area contributed by atoms with Gasteiger partial charge in [0.1, 0.15) is 0 Å². The summed E-state index contributed by atoms with van der Waals surface area (Å²) in [6, 6.07) is 10.1. The molecule has 0 bridgehead atoms. The predicted octanol–water partition coefficient (Wildman–Crippen LogP) is 2.52. The number of hydrogen-bond acceptors (Lipinski definition) is 3. The second-order valence-corrected chi connectivity index (χ2v) is 6.68. The number of piperidine rings is 1. The van der Waals surface area contributed by atoms with Gasteiger partial charge in [-0.1, -0.05) is 37.3 Å². The summed E-state index contributed by atoms with van der Waals surface area (Å²) in [5.41, 5.74) is 1.25. The van der Waals surface area contributed by atoms with E-state index in [-0.39, 0.29) is 17.9 Å². The number of carbonyl (C=O) groups is 1. The lowest BCUT2D eigenvalue weighted by molar-refractivity contribution is -0.133. The van der Waals surface area contributed by atoms with Gasteiger partial charge in [-0.15, -0.1) is 0 Å². The first-order valence-electron chi connectivity index (χ1n) is 8.77. The van der Waals surface area contributed by atoms with Crippen molar-refractivity contribution in [1.82, 2.24) is 9.80 Å². The van der Waals surface area contributed by atoms with E-state index in [9.17, 15) is 9.90 Å². The summed E-state index contributed by atoms with van der Waals surface area (Å²) >= 11 is 0. The smallest absolute Gasteiger partial charge is 0.237 e. The van der Waals surface area contributed by atoms with Crippen LogP contribution < -0.4 is 0 Å². The maximum atomic E-state index is 12.6. The fraction of sp³-hybridized carbons (Fsp3) is 0.632. The summed E-state index contributed by atoms with van der Waals surface area (Å²) in [5, 5.41) is 9.61. The number of aliphatic hydroxyl groups excluding tert-OH is 1. The SMILES string of the molecule is CCN(Cc1ccccc1)C(=O)CN1CCC(CC)(CO)CC1. The molecule has 1 aromatic rings. The van der Waals surface area contributed by atoms with Gasteiger partial charge in [-0.25, -0.2) is 0 Å². The number of nitrogens with zero attached hydrogens (tertiary/aromatic N) is 2. The van der Waals surface area contributed by atoms with E-state index in [0.717, 1.165) is 38.9 Å². The van der Waals surface area contributed by atoms with Crippen molar-refractivity contribution in [2.75, 3.05) is 32.8 Å². The maximum Gasteiger partial charge on any atom is 0.237 e. The van der Waals surface area contributed by atoms with Crippen LogP contribution in [0.15, 0.2) is 30.3 Å². The largest absolute Gasteiger partial charge is 0.396 e. The average Bonchev–Trinajstić information content (AvgIpc) is 2.61. The third-order valence-corrected chi connectivity index (χ3v) is 5.31. The second-order valence-electron chi connectivity index (χ2n) is 6.68. The van der Waals surface area contributed by atoms with Crippen LogP contribution in [0.4, 0.5) is 0 Å². The molecule has 2 rings (SSSR count). The minimum Gasteiger partial charge on any atom is -0.396 e. The van der Waals surface area contributed by atoms with Crippen molar-refractivity contribution in [2.45, 2.75) is 39.7 Å². The van der Waals surface area contributed by atoms with Gasteiger partial charge in [0.05, 0.1) is 6.54 Å². The highest BCUT2D eigenvalue weighted by Gasteiger charge is 2.33. The number of carbonyl (C=O) groups excluding carboxylic acids is 1. The van der Waals surface area contributed by atoms with Crippen molar-refractivity contribution in [1.29, 1.82) is 0 Å². The van der Waals surface area contributed by atoms with Gasteiger partial charge < -0.3 is 10.0 Å². The van der Waals surface area contributed by atoms with E-state index in [1.165, 1.54) is 5.56 Å². The predicted molar refractivity (Wildman–Crippen MR) is 93.0 cm³/mol. The molecule has 1 aromatic carbocycles. The molecule has 0 atom stereocenters. The first kappa shape index (κ1) is 18.0. The number of amides is 1. The van der Waals surface area contributed by atoms with E-state index in [1.807, 2.05) is 30.0 Å². The standard InChI is InChI=1S/C19H30N2O2/c1-3-19(16-22)10-12-20(13-11-19)15-18(23)21(4-2)14-17-8-6-5-7-9-17/h5-9,22H,3-4,10-16H2,1-2H3. The van der Waals surface area contributed by atoms with Crippen LogP contribution in [0, 0.1) is 5.41 Å². The molecule has 128 valence electrons. The molecule has 0 aliphatic carbocycles. The van der Waals surface area contributed by atoms with Crippen LogP contribution in [0.25, 0.3) is 0 Å². The molecular weight excluding hydrogens is 288 g/mol. The Morgan fingerprint density at radius 2 is 1.87 bits per heavy atom. The summed E-state index contributed by atoms with van der Waals surface area (Å²) in [7, 11) is 0. The van der Waals surface area contributed by atoms with Gasteiger partial charge in [0.15, 0.2) is 0 Å². The first-order valence-corrected chi connectivity index (χ1v) is 8.77. The summed E-state index contributed by atoms with van der Waals surface area (Å²) in [6.45, 7) is 8.16. The van der Waals surface area contributed by atoms with E-state index >= 15 is 0 Å². The number of aliphatic hydroxyl groups is 1. The van der Waals surface area contributed by atoms with Gasteiger partial charge in [0, 0.05) is 19.7 Å². The van der Waals surface area contributed by atoms with E-state index in [0.29, 0.717) is 13.1 Å². The highest BCUT2D eigenvalue weighted by molar-refractivity contribution is 5.78. The maximum absolute atomic E-state index is 12.6. The third kappa shape index (κ3) is 4.79. The molecule has 0 radical (unpaired) electrons. The van der Waals surface area contributed by atoms with Crippen LogP contribution in [-0.4, -0.2) is 53.6 Å². The Morgan fingerprint density at radius 1 is 1.22 bits per heavy atom. The molecule has 23 heavy (non-hydrogen) atoms. The monoisotopic (exact) mass is 318 g/mol. The van der Waals surface area contributed by atoms with E-state index in [2.05, 4.69) is 24.0 Å². The lowest BCUT2D eigenvalue weighted by atomic mass is 9.77. The lowest BCUT2D eigenvalue weighted by Crippen LogP contribution is -2.46. The molecule has 1 aliphatic heterocycles. The molecular formula is C19H30N2O2. The number of benzene rings is 1. The molecule has 1 heterocycles. The zero-order chi connectivity index (χ0) is 16.7. The van der Waals surface area contributed by atoms with Crippen LogP contribution in [0.1, 0.15) is 38.7 Å². The summed E-state index contributed by atoms with van der Waals surface area (Å²) in [4.78, 5) is 16.7. The van der Waals surface area contributed by atoms with Crippen molar-refractivity contribution < 1.29 is 9.90 Å². The van der Waals surface area contributed by atoms with Crippen molar-refractivity contribution in [3.63, 3.8) is 0 Å². The molecule has 0 spiro atoms. The van der Waals surface area contributed by atoms with Crippen LogP contribution in [0.3, 0.4) is 0 Å². The van der Waals surface area contributed by atoms with E-state index in [4.69, 9.17) is 0 Å². The fourth-order valence-electron chi connectivity index (χ4n) is 3.28. The molecule has 1 fully saturated rings. The van der Waals surface area contributed by atoms with E-state index in [1.54, 1.807) is 0 Å². The number of rotatable bonds is 7. The average molecular weight is 318 g/mol. The van der Waals surface area contributed by atoms with Gasteiger partial charge in [0.2, 0.25) is 5.91 Å². The van der Waals surface area contributed by atoms with Gasteiger partial charge in [0.25, 0.3) is 0 Å². The summed E-state index contributed by atoms with van der Waals surface area (Å²) in [5.74, 6) is 0.198. The Kier molecular flexibility index (Phi) is 6.60. The van der Waals surface area contributed by atoms with Crippen LogP contribution in [0.5, 0.6) is 0 Å². The molecule has 0 saturated carbocycles. The van der Waals surface area contributed by atoms with Crippen molar-refractivity contribution in [3.8, 4) is 0 Å². The van der Waals surface area contributed by atoms with Crippen LogP contribution in [0.2, 0.25) is 0 Å². The highest BCUT2D eigenvalue weighted by Crippen LogP contribution is 2.34. The molecule has 0 aromatic heterocycles. The quantitative estimate of drug-likeness (QED) is 0.840.